The van der Waals surface area contributed by atoms with Crippen LogP contribution in [0.15, 0.2) is 0 Å². The highest BCUT2D eigenvalue weighted by atomic mass is 127. The molecule has 0 aliphatic carbocycles. The van der Waals surface area contributed by atoms with Crippen molar-refractivity contribution in [1.82, 2.24) is 4.81 Å². The molecular formula is C4H8BIN. The quantitative estimate of drug-likeness (QED) is 0.459. The molecule has 0 saturated carbocycles. The summed E-state index contributed by atoms with van der Waals surface area (Å²) in [6.45, 7) is 2.56. The van der Waals surface area contributed by atoms with Gasteiger partial charge in [-0.3, -0.25) is 0 Å². The molecule has 0 N–H and O–H groups in total. The van der Waals surface area contributed by atoms with E-state index >= 15 is 0 Å². The van der Waals surface area contributed by atoms with Crippen molar-refractivity contribution in [3.63, 3.8) is 0 Å². The Hall–Kier alpha value is 0.755. The molecule has 0 amide bonds. The largest absolute Gasteiger partial charge is 0.337 e. The first-order chi connectivity index (χ1) is 3.43. The van der Waals surface area contributed by atoms with E-state index in [4.69, 9.17) is 0 Å². The van der Waals surface area contributed by atoms with E-state index in [0.29, 0.717) is 0 Å². The van der Waals surface area contributed by atoms with Crippen molar-refractivity contribution in [2.24, 2.45) is 0 Å². The smallest absolute Gasteiger partial charge is 0.295 e. The number of halogens is 1. The molecule has 1 aliphatic rings. The van der Waals surface area contributed by atoms with Crippen LogP contribution in [0, 0.1) is 0 Å². The van der Waals surface area contributed by atoms with Crippen molar-refractivity contribution < 1.29 is 0 Å². The summed E-state index contributed by atoms with van der Waals surface area (Å²) in [4.78, 5) is 2.35. The first-order valence-electron chi connectivity index (χ1n) is 2.61. The highest BCUT2D eigenvalue weighted by molar-refractivity contribution is 14.1. The van der Waals surface area contributed by atoms with Crippen LogP contribution in [0.1, 0.15) is 12.8 Å². The van der Waals surface area contributed by atoms with Gasteiger partial charge in [0.05, 0.1) is 0 Å². The molecule has 39 valence electrons. The van der Waals surface area contributed by atoms with Gasteiger partial charge in [0.2, 0.25) is 0 Å². The lowest BCUT2D eigenvalue weighted by Crippen LogP contribution is -2.18. The lowest BCUT2D eigenvalue weighted by molar-refractivity contribution is 0.563. The molecule has 1 saturated heterocycles. The van der Waals surface area contributed by atoms with Crippen LogP contribution in [0.3, 0.4) is 0 Å². The lowest BCUT2D eigenvalue weighted by atomic mass is 10.3. The van der Waals surface area contributed by atoms with Crippen molar-refractivity contribution in [3.05, 3.63) is 0 Å². The molecule has 1 heterocycles. The average molecular weight is 208 g/mol. The van der Waals surface area contributed by atoms with Crippen LogP contribution in [-0.2, 0) is 0 Å². The van der Waals surface area contributed by atoms with Crippen LogP contribution in [0.2, 0.25) is 0 Å². The maximum Gasteiger partial charge on any atom is 0.295 e. The van der Waals surface area contributed by atoms with Gasteiger partial charge >= 0.3 is 0 Å². The van der Waals surface area contributed by atoms with Gasteiger partial charge in [0.15, 0.2) is 0 Å². The molecule has 0 unspecified atom stereocenters. The minimum atomic E-state index is 1.28. The third kappa shape index (κ3) is 1.60. The van der Waals surface area contributed by atoms with Crippen molar-refractivity contribution >= 4 is 27.6 Å². The molecule has 0 spiro atoms. The predicted octanol–water partition coefficient (Wildman–Crippen LogP) is 1.05. The molecule has 7 heavy (non-hydrogen) atoms. The Morgan fingerprint density at radius 2 is 1.86 bits per heavy atom. The third-order valence-corrected chi connectivity index (χ3v) is 2.07. The first-order valence-corrected chi connectivity index (χ1v) is 3.85. The van der Waals surface area contributed by atoms with E-state index in [0.717, 1.165) is 0 Å². The highest BCUT2D eigenvalue weighted by Gasteiger charge is 2.08. The first kappa shape index (κ1) is 5.88. The van der Waals surface area contributed by atoms with Crippen LogP contribution in [0.25, 0.3) is 0 Å². The van der Waals surface area contributed by atoms with Crippen molar-refractivity contribution in [1.29, 1.82) is 0 Å². The summed E-state index contributed by atoms with van der Waals surface area (Å²) in [7, 11) is 0. The van der Waals surface area contributed by atoms with Gasteiger partial charge in [-0.05, 0) is 25.9 Å². The molecule has 0 aromatic carbocycles. The van der Waals surface area contributed by atoms with E-state index in [1.807, 2.05) is 0 Å². The summed E-state index contributed by atoms with van der Waals surface area (Å²) in [6.07, 6.45) is 2.78. The Kier molecular flexibility index (Phi) is 2.45. The minimum absolute atomic E-state index is 1.28. The zero-order valence-electron chi connectivity index (χ0n) is 4.23. The SMILES string of the molecule is I[B]N1CCCC1. The lowest BCUT2D eigenvalue weighted by Gasteiger charge is -2.05. The van der Waals surface area contributed by atoms with Gasteiger partial charge < -0.3 is 4.81 Å². The van der Waals surface area contributed by atoms with E-state index < -0.39 is 0 Å². The minimum Gasteiger partial charge on any atom is -0.337 e. The molecule has 0 aromatic rings. The Labute approximate surface area is 58.6 Å². The molecule has 1 nitrogen and oxygen atoms in total. The molecule has 0 aromatic heterocycles. The topological polar surface area (TPSA) is 3.24 Å². The van der Waals surface area contributed by atoms with Crippen molar-refractivity contribution in [2.75, 3.05) is 13.1 Å². The zero-order chi connectivity index (χ0) is 5.11. The fourth-order valence-electron chi connectivity index (χ4n) is 0.839. The van der Waals surface area contributed by atoms with Gasteiger partial charge in [-0.15, -0.1) is 22.4 Å². The third-order valence-electron chi connectivity index (χ3n) is 1.28. The molecular weight excluding hydrogens is 200 g/mol. The summed E-state index contributed by atoms with van der Waals surface area (Å²) < 4.78 is 0. The fraction of sp³-hybridized carbons (Fsp3) is 1.00. The normalized spacial score (nSPS) is 23.0. The summed E-state index contributed by atoms with van der Waals surface area (Å²) in [5.74, 6) is 0. The van der Waals surface area contributed by atoms with Gasteiger partial charge in [-0.25, -0.2) is 0 Å². The fourth-order valence-corrected chi connectivity index (χ4v) is 1.40. The summed E-state index contributed by atoms with van der Waals surface area (Å²) in [5.41, 5.74) is 0. The zero-order valence-corrected chi connectivity index (χ0v) is 6.39. The highest BCUT2D eigenvalue weighted by Crippen LogP contribution is 2.06. The number of nitrogens with zero attached hydrogens (tertiary/aromatic N) is 1. The Balaban J connectivity index is 2.14. The molecule has 1 fully saturated rings. The summed E-state index contributed by atoms with van der Waals surface area (Å²) in [5, 5.41) is 2.14. The Bertz CT molecular complexity index is 53.7. The van der Waals surface area contributed by atoms with Crippen LogP contribution in [0.5, 0.6) is 0 Å². The van der Waals surface area contributed by atoms with E-state index in [9.17, 15) is 0 Å². The molecule has 1 aliphatic heterocycles. The van der Waals surface area contributed by atoms with E-state index in [1.54, 1.807) is 0 Å². The number of rotatable bonds is 1. The van der Waals surface area contributed by atoms with Gasteiger partial charge in [0.1, 0.15) is 0 Å². The monoisotopic (exact) mass is 208 g/mol. The van der Waals surface area contributed by atoms with Crippen LogP contribution in [0.4, 0.5) is 0 Å². The van der Waals surface area contributed by atoms with Crippen LogP contribution >= 0.6 is 22.4 Å². The number of hydrogen-bond acceptors (Lipinski definition) is 1. The molecule has 0 atom stereocenters. The van der Waals surface area contributed by atoms with Gasteiger partial charge in [0.25, 0.3) is 5.27 Å². The number of hydrogen-bond donors (Lipinski definition) is 0. The second-order valence-electron chi connectivity index (χ2n) is 1.84. The molecule has 1 radical (unpaired) electrons. The molecule has 0 bridgehead atoms. The van der Waals surface area contributed by atoms with Crippen molar-refractivity contribution in [3.8, 4) is 0 Å². The second-order valence-corrected chi connectivity index (χ2v) is 2.40. The average Bonchev–Trinajstić information content (AvgIpc) is 2.14. The standard InChI is InChI=1S/C4H8BIN/c6-5-7-3-1-2-4-7/h1-4H2. The predicted molar refractivity (Wildman–Crippen MR) is 40.6 cm³/mol. The van der Waals surface area contributed by atoms with Gasteiger partial charge in [-0.1, -0.05) is 0 Å². The van der Waals surface area contributed by atoms with Gasteiger partial charge in [0, 0.05) is 0 Å². The Morgan fingerprint density at radius 1 is 1.29 bits per heavy atom. The molecule has 1 rings (SSSR count). The summed E-state index contributed by atoms with van der Waals surface area (Å²) in [6, 6.07) is 0. The van der Waals surface area contributed by atoms with Crippen molar-refractivity contribution in [2.45, 2.75) is 12.8 Å². The second kappa shape index (κ2) is 2.92. The Morgan fingerprint density at radius 3 is 2.14 bits per heavy atom. The van der Waals surface area contributed by atoms with Gasteiger partial charge in [-0.2, -0.15) is 0 Å². The maximum absolute atomic E-state index is 2.35. The van der Waals surface area contributed by atoms with E-state index in [1.165, 1.54) is 25.9 Å². The molecule has 3 heteroatoms. The van der Waals surface area contributed by atoms with Crippen LogP contribution < -0.4 is 0 Å². The van der Waals surface area contributed by atoms with Crippen LogP contribution in [-0.4, -0.2) is 23.2 Å². The maximum atomic E-state index is 2.35. The summed E-state index contributed by atoms with van der Waals surface area (Å²) >= 11 is 2.29. The van der Waals surface area contributed by atoms with E-state index in [2.05, 4.69) is 32.5 Å². The van der Waals surface area contributed by atoms with E-state index in [-0.39, 0.29) is 0 Å².